The van der Waals surface area contributed by atoms with Crippen LogP contribution in [0.1, 0.15) is 11.1 Å². The summed E-state index contributed by atoms with van der Waals surface area (Å²) < 4.78 is 81.2. The first-order chi connectivity index (χ1) is 21.4. The van der Waals surface area contributed by atoms with Gasteiger partial charge in [-0.25, -0.2) is 0 Å². The largest absolute Gasteiger partial charge is 0.417 e. The average molecular weight is 675 g/mol. The first-order valence-corrected chi connectivity index (χ1v) is 14.4. The molecule has 2 nitrogen and oxygen atoms in total. The number of nitrogens with zero attached hydrogens (tertiary/aromatic N) is 2. The second-order valence-electron chi connectivity index (χ2n) is 10.4. The van der Waals surface area contributed by atoms with Crippen molar-refractivity contribution in [3.63, 3.8) is 0 Å². The molecule has 0 bridgehead atoms. The Morgan fingerprint density at radius 2 is 0.711 bits per heavy atom. The summed E-state index contributed by atoms with van der Waals surface area (Å²) in [6, 6.07) is 30.2. The molecule has 0 saturated heterocycles. The minimum atomic E-state index is -4.52. The van der Waals surface area contributed by atoms with Crippen LogP contribution in [0.3, 0.4) is 0 Å². The highest BCUT2D eigenvalue weighted by atomic mass is 79.9. The van der Waals surface area contributed by atoms with E-state index in [4.69, 9.17) is 0 Å². The van der Waals surface area contributed by atoms with Gasteiger partial charge in [-0.15, -0.1) is 0 Å². The van der Waals surface area contributed by atoms with Crippen molar-refractivity contribution in [3.05, 3.63) is 144 Å². The van der Waals surface area contributed by atoms with Crippen LogP contribution >= 0.6 is 15.9 Å². The van der Waals surface area contributed by atoms with Gasteiger partial charge in [0.2, 0.25) is 0 Å². The highest BCUT2D eigenvalue weighted by Gasteiger charge is 2.32. The van der Waals surface area contributed by atoms with E-state index in [1.807, 2.05) is 66.7 Å². The number of hydrogen-bond donors (Lipinski definition) is 0. The maximum Gasteiger partial charge on any atom is 0.417 e. The average Bonchev–Trinajstić information content (AvgIpc) is 3.04. The molecule has 0 fully saturated rings. The molecule has 0 unspecified atom stereocenters. The standard InChI is InChI=1S/C36H21BrF6N2/c37-34-9-3-8-26(17-34)29-13-27(22-4-1-6-24(10-22)30-15-32(20-44-18-30)35(38,39)40)12-28(14-29)23-5-2-7-25(11-23)31-16-33(21-45-19-31)36(41,42)43/h1-21H. The highest BCUT2D eigenvalue weighted by Crippen LogP contribution is 2.38. The van der Waals surface area contributed by atoms with Gasteiger partial charge in [-0.3, -0.25) is 9.97 Å². The van der Waals surface area contributed by atoms with Crippen molar-refractivity contribution in [1.82, 2.24) is 9.97 Å². The summed E-state index contributed by atoms with van der Waals surface area (Å²) in [5.74, 6) is 0. The van der Waals surface area contributed by atoms with Crippen molar-refractivity contribution in [3.8, 4) is 55.6 Å². The number of halogens is 7. The molecule has 0 radical (unpaired) electrons. The van der Waals surface area contributed by atoms with Crippen LogP contribution in [0.2, 0.25) is 0 Å². The third-order valence-corrected chi connectivity index (χ3v) is 7.77. The molecule has 0 spiro atoms. The van der Waals surface area contributed by atoms with Crippen molar-refractivity contribution >= 4 is 15.9 Å². The van der Waals surface area contributed by atoms with Gasteiger partial charge >= 0.3 is 12.4 Å². The molecule has 6 rings (SSSR count). The zero-order valence-electron chi connectivity index (χ0n) is 23.2. The lowest BCUT2D eigenvalue weighted by Gasteiger charge is -2.14. The molecule has 2 heterocycles. The number of benzene rings is 4. The Morgan fingerprint density at radius 3 is 1.09 bits per heavy atom. The second-order valence-corrected chi connectivity index (χ2v) is 11.3. The first-order valence-electron chi connectivity index (χ1n) is 13.6. The lowest BCUT2D eigenvalue weighted by Crippen LogP contribution is -2.05. The molecule has 0 atom stereocenters. The Morgan fingerprint density at radius 1 is 0.378 bits per heavy atom. The Kier molecular flexibility index (Phi) is 8.05. The molecule has 4 aromatic carbocycles. The van der Waals surface area contributed by atoms with Crippen molar-refractivity contribution in [1.29, 1.82) is 0 Å². The minimum absolute atomic E-state index is 0.331. The molecule has 224 valence electrons. The van der Waals surface area contributed by atoms with Crippen molar-refractivity contribution < 1.29 is 26.3 Å². The van der Waals surface area contributed by atoms with E-state index in [-0.39, 0.29) is 0 Å². The van der Waals surface area contributed by atoms with Crippen LogP contribution in [0.5, 0.6) is 0 Å². The van der Waals surface area contributed by atoms with E-state index >= 15 is 0 Å². The summed E-state index contributed by atoms with van der Waals surface area (Å²) in [7, 11) is 0. The number of aromatic nitrogens is 2. The summed E-state index contributed by atoms with van der Waals surface area (Å²) in [5, 5.41) is 0. The molecule has 0 N–H and O–H groups in total. The molecule has 2 aromatic heterocycles. The molecule has 0 amide bonds. The molecule has 0 aliphatic heterocycles. The summed E-state index contributed by atoms with van der Waals surface area (Å²) in [6.07, 6.45) is -4.66. The third-order valence-electron chi connectivity index (χ3n) is 7.28. The van der Waals surface area contributed by atoms with Crippen LogP contribution in [-0.4, -0.2) is 9.97 Å². The fourth-order valence-electron chi connectivity index (χ4n) is 5.06. The summed E-state index contributed by atoms with van der Waals surface area (Å²) in [4.78, 5) is 7.61. The zero-order chi connectivity index (χ0) is 31.8. The van der Waals surface area contributed by atoms with E-state index < -0.39 is 23.5 Å². The monoisotopic (exact) mass is 674 g/mol. The molecular formula is C36H21BrF6N2. The Labute approximate surface area is 263 Å². The van der Waals surface area contributed by atoms with Gasteiger partial charge in [0.15, 0.2) is 0 Å². The smallest absolute Gasteiger partial charge is 0.263 e. The molecular weight excluding hydrogens is 654 g/mol. The quantitative estimate of drug-likeness (QED) is 0.170. The topological polar surface area (TPSA) is 25.8 Å². The SMILES string of the molecule is FC(F)(F)c1cncc(-c2cccc(-c3cc(-c4cccc(Br)c4)cc(-c4cccc(-c5cncc(C(F)(F)F)c5)c4)c3)c2)c1. The minimum Gasteiger partial charge on any atom is -0.263 e. The van der Waals surface area contributed by atoms with E-state index in [9.17, 15) is 26.3 Å². The molecule has 9 heteroatoms. The van der Waals surface area contributed by atoms with Crippen LogP contribution in [0.4, 0.5) is 26.3 Å². The molecule has 6 aromatic rings. The molecule has 0 saturated carbocycles. The third kappa shape index (κ3) is 6.83. The van der Waals surface area contributed by atoms with Crippen molar-refractivity contribution in [2.75, 3.05) is 0 Å². The van der Waals surface area contributed by atoms with Crippen LogP contribution in [0, 0.1) is 0 Å². The van der Waals surface area contributed by atoms with Crippen LogP contribution < -0.4 is 0 Å². The summed E-state index contributed by atoms with van der Waals surface area (Å²) in [6.45, 7) is 0. The van der Waals surface area contributed by atoms with E-state index in [0.717, 1.165) is 62.4 Å². The summed E-state index contributed by atoms with van der Waals surface area (Å²) >= 11 is 3.52. The van der Waals surface area contributed by atoms with Gasteiger partial charge in [0.05, 0.1) is 11.1 Å². The van der Waals surface area contributed by atoms with E-state index in [1.54, 1.807) is 24.3 Å². The molecule has 0 aliphatic carbocycles. The van der Waals surface area contributed by atoms with Gasteiger partial charge in [-0.05, 0) is 99.1 Å². The lowest BCUT2D eigenvalue weighted by molar-refractivity contribution is -0.138. The van der Waals surface area contributed by atoms with E-state index in [0.29, 0.717) is 22.3 Å². The Hall–Kier alpha value is -4.76. The van der Waals surface area contributed by atoms with Crippen LogP contribution in [0.15, 0.2) is 132 Å². The Balaban J connectivity index is 1.47. The van der Waals surface area contributed by atoms with Gasteiger partial charge < -0.3 is 0 Å². The first kappa shape index (κ1) is 30.3. The van der Waals surface area contributed by atoms with Gasteiger partial charge in [0.1, 0.15) is 0 Å². The zero-order valence-corrected chi connectivity index (χ0v) is 24.8. The molecule has 0 aliphatic rings. The van der Waals surface area contributed by atoms with Gasteiger partial charge in [0.25, 0.3) is 0 Å². The summed E-state index contributed by atoms with van der Waals surface area (Å²) in [5.41, 5.74) is 5.06. The molecule has 45 heavy (non-hydrogen) atoms. The van der Waals surface area contributed by atoms with Crippen LogP contribution in [0.25, 0.3) is 55.6 Å². The number of rotatable bonds is 5. The van der Waals surface area contributed by atoms with E-state index in [2.05, 4.69) is 25.9 Å². The maximum absolute atomic E-state index is 13.4. The van der Waals surface area contributed by atoms with Gasteiger partial charge in [0, 0.05) is 40.4 Å². The predicted molar refractivity (Wildman–Crippen MR) is 167 cm³/mol. The Bertz CT molecular complexity index is 1900. The number of alkyl halides is 6. The lowest BCUT2D eigenvalue weighted by atomic mass is 9.91. The van der Waals surface area contributed by atoms with E-state index in [1.165, 1.54) is 12.4 Å². The predicted octanol–water partition coefficient (Wildman–Crippen LogP) is 11.6. The fraction of sp³-hybridized carbons (Fsp3) is 0.0556. The van der Waals surface area contributed by atoms with Gasteiger partial charge in [-0.2, -0.15) is 26.3 Å². The number of pyridine rings is 2. The normalized spacial score (nSPS) is 11.9. The van der Waals surface area contributed by atoms with Crippen LogP contribution in [-0.2, 0) is 12.4 Å². The second kappa shape index (κ2) is 12.0. The number of hydrogen-bond acceptors (Lipinski definition) is 2. The maximum atomic E-state index is 13.4. The van der Waals surface area contributed by atoms with Crippen molar-refractivity contribution in [2.24, 2.45) is 0 Å². The fourth-order valence-corrected chi connectivity index (χ4v) is 5.46. The highest BCUT2D eigenvalue weighted by molar-refractivity contribution is 9.10. The van der Waals surface area contributed by atoms with Gasteiger partial charge in [-0.1, -0.05) is 64.5 Å². The van der Waals surface area contributed by atoms with Crippen molar-refractivity contribution in [2.45, 2.75) is 12.4 Å².